The van der Waals surface area contributed by atoms with Gasteiger partial charge in [-0.1, -0.05) is 12.1 Å². The predicted octanol–water partition coefficient (Wildman–Crippen LogP) is 1.62. The smallest absolute Gasteiger partial charge is 0.253 e. The van der Waals surface area contributed by atoms with Gasteiger partial charge in [0, 0.05) is 24.9 Å². The van der Waals surface area contributed by atoms with Crippen molar-refractivity contribution in [2.45, 2.75) is 26.3 Å². The molecule has 0 saturated heterocycles. The number of anilines is 1. The van der Waals surface area contributed by atoms with Crippen LogP contribution in [0.25, 0.3) is 0 Å². The molecule has 1 atom stereocenters. The Hall–Kier alpha value is -1.55. The van der Waals surface area contributed by atoms with Crippen LogP contribution >= 0.6 is 0 Å². The van der Waals surface area contributed by atoms with Crippen molar-refractivity contribution in [2.75, 3.05) is 18.5 Å². The molecule has 1 aromatic carbocycles. The van der Waals surface area contributed by atoms with Crippen LogP contribution in [0.5, 0.6) is 0 Å². The van der Waals surface area contributed by atoms with E-state index in [2.05, 4.69) is 10.6 Å². The molecular weight excluding hydrogens is 216 g/mol. The van der Waals surface area contributed by atoms with Crippen molar-refractivity contribution < 1.29 is 9.90 Å². The van der Waals surface area contributed by atoms with Gasteiger partial charge in [-0.05, 0) is 32.4 Å². The SMILES string of the molecule is CCNc1ccccc1C(=O)NC(C)CCO. The van der Waals surface area contributed by atoms with Crippen LogP contribution in [0.2, 0.25) is 0 Å². The Balaban J connectivity index is 2.74. The molecule has 0 heterocycles. The summed E-state index contributed by atoms with van der Waals surface area (Å²) in [5.41, 5.74) is 1.47. The minimum absolute atomic E-state index is 0.0258. The van der Waals surface area contributed by atoms with Gasteiger partial charge in [0.05, 0.1) is 5.56 Å². The lowest BCUT2D eigenvalue weighted by molar-refractivity contribution is 0.0935. The Labute approximate surface area is 102 Å². The summed E-state index contributed by atoms with van der Waals surface area (Å²) in [6.45, 7) is 4.72. The molecule has 0 saturated carbocycles. The van der Waals surface area contributed by atoms with E-state index in [0.717, 1.165) is 12.2 Å². The summed E-state index contributed by atoms with van der Waals surface area (Å²) in [6, 6.07) is 7.38. The lowest BCUT2D eigenvalue weighted by Gasteiger charge is -2.15. The second-order valence-electron chi connectivity index (χ2n) is 3.96. The number of aliphatic hydroxyl groups is 1. The number of nitrogens with one attached hydrogen (secondary N) is 2. The number of carbonyl (C=O) groups is 1. The first-order valence-electron chi connectivity index (χ1n) is 5.93. The van der Waals surface area contributed by atoms with Gasteiger partial charge in [0.1, 0.15) is 0 Å². The van der Waals surface area contributed by atoms with Crippen molar-refractivity contribution in [2.24, 2.45) is 0 Å². The van der Waals surface area contributed by atoms with Gasteiger partial charge in [0.15, 0.2) is 0 Å². The number of carbonyl (C=O) groups excluding carboxylic acids is 1. The Morgan fingerprint density at radius 2 is 2.12 bits per heavy atom. The Bertz CT molecular complexity index is 366. The molecule has 0 bridgehead atoms. The van der Waals surface area contributed by atoms with Crippen LogP contribution in [0, 0.1) is 0 Å². The zero-order valence-electron chi connectivity index (χ0n) is 10.4. The summed E-state index contributed by atoms with van der Waals surface area (Å²) in [6.07, 6.45) is 0.565. The normalized spacial score (nSPS) is 11.9. The highest BCUT2D eigenvalue weighted by molar-refractivity contribution is 5.99. The third-order valence-corrected chi connectivity index (χ3v) is 2.48. The summed E-state index contributed by atoms with van der Waals surface area (Å²) < 4.78 is 0. The minimum atomic E-state index is -0.109. The molecule has 0 aliphatic carbocycles. The lowest BCUT2D eigenvalue weighted by atomic mass is 10.1. The van der Waals surface area contributed by atoms with Crippen molar-refractivity contribution in [3.8, 4) is 0 Å². The van der Waals surface area contributed by atoms with Crippen LogP contribution < -0.4 is 10.6 Å². The fourth-order valence-electron chi connectivity index (χ4n) is 1.59. The van der Waals surface area contributed by atoms with Crippen LogP contribution in [0.4, 0.5) is 5.69 Å². The maximum atomic E-state index is 12.0. The van der Waals surface area contributed by atoms with Gasteiger partial charge in [0.2, 0.25) is 0 Å². The lowest BCUT2D eigenvalue weighted by Crippen LogP contribution is -2.33. The Morgan fingerprint density at radius 1 is 1.41 bits per heavy atom. The molecule has 1 rings (SSSR count). The highest BCUT2D eigenvalue weighted by atomic mass is 16.3. The molecule has 1 amide bonds. The maximum absolute atomic E-state index is 12.0. The van der Waals surface area contributed by atoms with Crippen molar-refractivity contribution in [1.82, 2.24) is 5.32 Å². The van der Waals surface area contributed by atoms with E-state index in [1.54, 1.807) is 6.07 Å². The molecule has 1 aromatic rings. The van der Waals surface area contributed by atoms with Crippen LogP contribution in [-0.4, -0.2) is 30.2 Å². The van der Waals surface area contributed by atoms with E-state index in [9.17, 15) is 4.79 Å². The first kappa shape index (κ1) is 13.5. The van der Waals surface area contributed by atoms with Crippen LogP contribution in [-0.2, 0) is 0 Å². The average molecular weight is 236 g/mol. The van der Waals surface area contributed by atoms with E-state index in [-0.39, 0.29) is 18.6 Å². The van der Waals surface area contributed by atoms with Crippen molar-refractivity contribution >= 4 is 11.6 Å². The molecule has 94 valence electrons. The fourth-order valence-corrected chi connectivity index (χ4v) is 1.59. The number of hydrogen-bond donors (Lipinski definition) is 3. The van der Waals surface area contributed by atoms with Gasteiger partial charge < -0.3 is 15.7 Å². The molecule has 0 aliphatic rings. The summed E-state index contributed by atoms with van der Waals surface area (Å²) in [7, 11) is 0. The van der Waals surface area contributed by atoms with E-state index >= 15 is 0 Å². The van der Waals surface area contributed by atoms with Crippen molar-refractivity contribution in [3.05, 3.63) is 29.8 Å². The van der Waals surface area contributed by atoms with E-state index in [1.807, 2.05) is 32.0 Å². The molecule has 0 aliphatic heterocycles. The second kappa shape index (κ2) is 6.91. The van der Waals surface area contributed by atoms with E-state index in [0.29, 0.717) is 12.0 Å². The molecule has 3 N–H and O–H groups in total. The number of para-hydroxylation sites is 1. The molecule has 0 aromatic heterocycles. The van der Waals surface area contributed by atoms with Crippen LogP contribution in [0.15, 0.2) is 24.3 Å². The molecule has 0 spiro atoms. The largest absolute Gasteiger partial charge is 0.396 e. The minimum Gasteiger partial charge on any atom is -0.396 e. The molecule has 4 nitrogen and oxygen atoms in total. The third kappa shape index (κ3) is 4.07. The zero-order valence-corrected chi connectivity index (χ0v) is 10.4. The fraction of sp³-hybridized carbons (Fsp3) is 0.462. The zero-order chi connectivity index (χ0) is 12.7. The first-order valence-corrected chi connectivity index (χ1v) is 5.93. The topological polar surface area (TPSA) is 61.4 Å². The number of hydrogen-bond acceptors (Lipinski definition) is 3. The average Bonchev–Trinajstić information content (AvgIpc) is 2.30. The monoisotopic (exact) mass is 236 g/mol. The number of amides is 1. The Kier molecular flexibility index (Phi) is 5.49. The first-order chi connectivity index (χ1) is 8.19. The number of benzene rings is 1. The number of rotatable bonds is 6. The van der Waals surface area contributed by atoms with Gasteiger partial charge in [0.25, 0.3) is 5.91 Å². The predicted molar refractivity (Wildman–Crippen MR) is 69.2 cm³/mol. The molecule has 0 fully saturated rings. The number of aliphatic hydroxyl groups excluding tert-OH is 1. The van der Waals surface area contributed by atoms with Crippen molar-refractivity contribution in [3.63, 3.8) is 0 Å². The van der Waals surface area contributed by atoms with Crippen LogP contribution in [0.3, 0.4) is 0 Å². The third-order valence-electron chi connectivity index (χ3n) is 2.48. The molecule has 4 heteroatoms. The highest BCUT2D eigenvalue weighted by Gasteiger charge is 2.12. The molecule has 17 heavy (non-hydrogen) atoms. The van der Waals surface area contributed by atoms with Gasteiger partial charge >= 0.3 is 0 Å². The van der Waals surface area contributed by atoms with Gasteiger partial charge in [-0.2, -0.15) is 0 Å². The standard InChI is InChI=1S/C13H20N2O2/c1-3-14-12-7-5-4-6-11(12)13(17)15-10(2)8-9-16/h4-7,10,14,16H,3,8-9H2,1-2H3,(H,15,17). The molecule has 1 unspecified atom stereocenters. The van der Waals surface area contributed by atoms with E-state index in [1.165, 1.54) is 0 Å². The maximum Gasteiger partial charge on any atom is 0.253 e. The second-order valence-corrected chi connectivity index (χ2v) is 3.96. The summed E-state index contributed by atoms with van der Waals surface area (Å²) in [5.74, 6) is -0.109. The molecule has 0 radical (unpaired) electrons. The van der Waals surface area contributed by atoms with Crippen molar-refractivity contribution in [1.29, 1.82) is 0 Å². The van der Waals surface area contributed by atoms with Gasteiger partial charge in [-0.25, -0.2) is 0 Å². The van der Waals surface area contributed by atoms with Crippen LogP contribution in [0.1, 0.15) is 30.6 Å². The Morgan fingerprint density at radius 3 is 2.76 bits per heavy atom. The highest BCUT2D eigenvalue weighted by Crippen LogP contribution is 2.14. The summed E-state index contributed by atoms with van der Waals surface area (Å²) >= 11 is 0. The molecular formula is C13H20N2O2. The van der Waals surface area contributed by atoms with E-state index in [4.69, 9.17) is 5.11 Å². The summed E-state index contributed by atoms with van der Waals surface area (Å²) in [5, 5.41) is 14.8. The quantitative estimate of drug-likeness (QED) is 0.703. The van der Waals surface area contributed by atoms with E-state index < -0.39 is 0 Å². The summed E-state index contributed by atoms with van der Waals surface area (Å²) in [4.78, 5) is 12.0. The van der Waals surface area contributed by atoms with Gasteiger partial charge in [-0.3, -0.25) is 4.79 Å². The van der Waals surface area contributed by atoms with Gasteiger partial charge in [-0.15, -0.1) is 0 Å².